The fourth-order valence-electron chi connectivity index (χ4n) is 1.78. The number of ether oxygens (including phenoxy) is 1. The van der Waals surface area contributed by atoms with Crippen LogP contribution in [0.2, 0.25) is 0 Å². The summed E-state index contributed by atoms with van der Waals surface area (Å²) in [6.07, 6.45) is 0. The van der Waals surface area contributed by atoms with E-state index in [1.165, 1.54) is 6.07 Å². The summed E-state index contributed by atoms with van der Waals surface area (Å²) in [6.45, 7) is 3.97. The van der Waals surface area contributed by atoms with Crippen LogP contribution < -0.4 is 10.3 Å². The summed E-state index contributed by atoms with van der Waals surface area (Å²) < 4.78 is 5.26. The van der Waals surface area contributed by atoms with Gasteiger partial charge in [0.1, 0.15) is 5.75 Å². The third-order valence-electron chi connectivity index (χ3n) is 2.70. The number of nitrogens with zero attached hydrogens (tertiary/aromatic N) is 1. The zero-order valence-electron chi connectivity index (χ0n) is 10.1. The highest BCUT2D eigenvalue weighted by Gasteiger charge is 2.07. The summed E-state index contributed by atoms with van der Waals surface area (Å²) in [7, 11) is 1.65. The van der Waals surface area contributed by atoms with Crippen molar-refractivity contribution in [3.63, 3.8) is 0 Å². The molecule has 0 saturated heterocycles. The van der Waals surface area contributed by atoms with Gasteiger partial charge in [-0.15, -0.1) is 0 Å². The lowest BCUT2D eigenvalue weighted by molar-refractivity contribution is 0.411. The highest BCUT2D eigenvalue weighted by atomic mass is 16.5. The number of methoxy groups -OCH3 is 1. The highest BCUT2D eigenvalue weighted by molar-refractivity contribution is 5.65. The van der Waals surface area contributed by atoms with Crippen molar-refractivity contribution in [1.29, 1.82) is 0 Å². The molecule has 0 spiro atoms. The summed E-state index contributed by atoms with van der Waals surface area (Å²) in [6, 6.07) is 7.17. The van der Waals surface area contributed by atoms with Gasteiger partial charge in [-0.3, -0.25) is 4.79 Å². The molecular weight excluding hydrogens is 216 g/mol. The summed E-state index contributed by atoms with van der Waals surface area (Å²) in [5, 5.41) is 6.46. The fraction of sp³-hybridized carbons (Fsp3) is 0.231. The van der Waals surface area contributed by atoms with Crippen LogP contribution in [0.15, 0.2) is 29.1 Å². The summed E-state index contributed by atoms with van der Waals surface area (Å²) >= 11 is 0. The van der Waals surface area contributed by atoms with Crippen molar-refractivity contribution in [1.82, 2.24) is 10.2 Å². The second-order valence-corrected chi connectivity index (χ2v) is 3.94. The Morgan fingerprint density at radius 1 is 1.18 bits per heavy atom. The van der Waals surface area contributed by atoms with Crippen LogP contribution >= 0.6 is 0 Å². The molecule has 2 aromatic rings. The number of benzene rings is 1. The first-order valence-electron chi connectivity index (χ1n) is 5.33. The molecule has 4 heteroatoms. The molecule has 0 unspecified atom stereocenters. The minimum Gasteiger partial charge on any atom is -0.496 e. The van der Waals surface area contributed by atoms with Crippen LogP contribution in [0.1, 0.15) is 11.1 Å². The minimum absolute atomic E-state index is 0.198. The molecule has 1 N–H and O–H groups in total. The average molecular weight is 230 g/mol. The Hall–Kier alpha value is -2.10. The quantitative estimate of drug-likeness (QED) is 0.859. The van der Waals surface area contributed by atoms with Gasteiger partial charge in [-0.2, -0.15) is 5.10 Å². The van der Waals surface area contributed by atoms with E-state index in [1.54, 1.807) is 13.2 Å². The Morgan fingerprint density at radius 2 is 1.94 bits per heavy atom. The number of aromatic nitrogens is 2. The lowest BCUT2D eigenvalue weighted by atomic mass is 10.0. The molecule has 0 aliphatic rings. The molecule has 0 bridgehead atoms. The van der Waals surface area contributed by atoms with Crippen molar-refractivity contribution in [2.75, 3.05) is 7.11 Å². The predicted molar refractivity (Wildman–Crippen MR) is 66.3 cm³/mol. The molecule has 17 heavy (non-hydrogen) atoms. The van der Waals surface area contributed by atoms with Gasteiger partial charge in [0.05, 0.1) is 12.8 Å². The topological polar surface area (TPSA) is 55.0 Å². The van der Waals surface area contributed by atoms with E-state index in [1.807, 2.05) is 26.0 Å². The molecule has 1 aromatic heterocycles. The summed E-state index contributed by atoms with van der Waals surface area (Å²) in [5.41, 5.74) is 3.66. The van der Waals surface area contributed by atoms with Gasteiger partial charge in [0.25, 0.3) is 5.56 Å². The van der Waals surface area contributed by atoms with Crippen LogP contribution in [-0.4, -0.2) is 17.3 Å². The van der Waals surface area contributed by atoms with E-state index in [0.29, 0.717) is 0 Å². The van der Waals surface area contributed by atoms with Gasteiger partial charge in [0.15, 0.2) is 0 Å². The summed E-state index contributed by atoms with van der Waals surface area (Å²) in [4.78, 5) is 11.0. The first-order chi connectivity index (χ1) is 8.11. The van der Waals surface area contributed by atoms with Gasteiger partial charge < -0.3 is 4.74 Å². The van der Waals surface area contributed by atoms with E-state index >= 15 is 0 Å². The van der Waals surface area contributed by atoms with Crippen LogP contribution in [-0.2, 0) is 0 Å². The van der Waals surface area contributed by atoms with E-state index < -0.39 is 0 Å². The van der Waals surface area contributed by atoms with Crippen LogP contribution in [0.25, 0.3) is 11.3 Å². The Morgan fingerprint density at radius 3 is 2.53 bits per heavy atom. The first kappa shape index (κ1) is 11.4. The molecule has 0 aliphatic carbocycles. The molecule has 0 saturated carbocycles. The van der Waals surface area contributed by atoms with Crippen LogP contribution in [0.5, 0.6) is 5.75 Å². The van der Waals surface area contributed by atoms with E-state index in [4.69, 9.17) is 4.74 Å². The standard InChI is InChI=1S/C13H14N2O2/c1-8-7-12(17-3)9(2)6-10(8)11-4-5-13(16)15-14-11/h4-7H,1-3H3,(H,15,16). The number of H-pyrrole nitrogens is 1. The smallest absolute Gasteiger partial charge is 0.264 e. The van der Waals surface area contributed by atoms with E-state index in [9.17, 15) is 4.79 Å². The van der Waals surface area contributed by atoms with E-state index in [2.05, 4.69) is 10.2 Å². The van der Waals surface area contributed by atoms with Crippen molar-refractivity contribution in [3.05, 3.63) is 45.7 Å². The number of hydrogen-bond acceptors (Lipinski definition) is 3. The Bertz CT molecular complexity index is 582. The third kappa shape index (κ3) is 2.20. The summed E-state index contributed by atoms with van der Waals surface area (Å²) in [5.74, 6) is 0.857. The van der Waals surface area contributed by atoms with Gasteiger partial charge >= 0.3 is 0 Å². The SMILES string of the molecule is COc1cc(C)c(-c2ccc(=O)[nH]n2)cc1C. The van der Waals surface area contributed by atoms with Gasteiger partial charge in [0, 0.05) is 11.6 Å². The Labute approximate surface area is 99.3 Å². The van der Waals surface area contributed by atoms with Crippen molar-refractivity contribution < 1.29 is 4.74 Å². The van der Waals surface area contributed by atoms with Crippen LogP contribution in [0.4, 0.5) is 0 Å². The molecule has 88 valence electrons. The largest absolute Gasteiger partial charge is 0.496 e. The fourth-order valence-corrected chi connectivity index (χ4v) is 1.78. The monoisotopic (exact) mass is 230 g/mol. The molecule has 0 amide bonds. The predicted octanol–water partition coefficient (Wildman–Crippen LogP) is 2.06. The molecule has 1 aromatic carbocycles. The van der Waals surface area contributed by atoms with Gasteiger partial charge in [-0.05, 0) is 43.2 Å². The van der Waals surface area contributed by atoms with Crippen molar-refractivity contribution in [3.8, 4) is 17.0 Å². The molecular formula is C13H14N2O2. The average Bonchev–Trinajstić information content (AvgIpc) is 2.33. The highest BCUT2D eigenvalue weighted by Crippen LogP contribution is 2.28. The maximum atomic E-state index is 11.0. The third-order valence-corrected chi connectivity index (χ3v) is 2.70. The molecule has 0 radical (unpaired) electrons. The number of hydrogen-bond donors (Lipinski definition) is 1. The normalized spacial score (nSPS) is 10.3. The zero-order valence-corrected chi connectivity index (χ0v) is 10.1. The molecule has 2 rings (SSSR count). The van der Waals surface area contributed by atoms with Crippen molar-refractivity contribution in [2.45, 2.75) is 13.8 Å². The number of nitrogens with one attached hydrogen (secondary N) is 1. The van der Waals surface area contributed by atoms with Gasteiger partial charge in [0.2, 0.25) is 0 Å². The van der Waals surface area contributed by atoms with Crippen LogP contribution in [0.3, 0.4) is 0 Å². The molecule has 4 nitrogen and oxygen atoms in total. The number of rotatable bonds is 2. The lowest BCUT2D eigenvalue weighted by Gasteiger charge is -2.10. The Balaban J connectivity index is 2.56. The Kier molecular flexibility index (Phi) is 2.95. The van der Waals surface area contributed by atoms with Crippen molar-refractivity contribution >= 4 is 0 Å². The first-order valence-corrected chi connectivity index (χ1v) is 5.33. The minimum atomic E-state index is -0.198. The van der Waals surface area contributed by atoms with Gasteiger partial charge in [-0.25, -0.2) is 5.10 Å². The molecule has 1 heterocycles. The van der Waals surface area contributed by atoms with E-state index in [0.717, 1.165) is 28.1 Å². The maximum absolute atomic E-state index is 11.0. The maximum Gasteiger partial charge on any atom is 0.264 e. The molecule has 0 atom stereocenters. The second kappa shape index (κ2) is 4.41. The molecule has 0 fully saturated rings. The second-order valence-electron chi connectivity index (χ2n) is 3.94. The molecule has 0 aliphatic heterocycles. The lowest BCUT2D eigenvalue weighted by Crippen LogP contribution is -2.06. The van der Waals surface area contributed by atoms with Crippen molar-refractivity contribution in [2.24, 2.45) is 0 Å². The zero-order chi connectivity index (χ0) is 12.4. The van der Waals surface area contributed by atoms with Crippen LogP contribution in [0, 0.1) is 13.8 Å². The van der Waals surface area contributed by atoms with E-state index in [-0.39, 0.29) is 5.56 Å². The number of aryl methyl sites for hydroxylation is 2. The number of aromatic amines is 1. The van der Waals surface area contributed by atoms with Gasteiger partial charge in [-0.1, -0.05) is 0 Å².